The molecule has 1 saturated heterocycles. The van der Waals surface area contributed by atoms with E-state index in [9.17, 15) is 4.79 Å². The maximum Gasteiger partial charge on any atom is 0.224 e. The molecular weight excluding hydrogens is 266 g/mol. The van der Waals surface area contributed by atoms with Crippen LogP contribution < -0.4 is 20.7 Å². The zero-order chi connectivity index (χ0) is 15.4. The highest BCUT2D eigenvalue weighted by Gasteiger charge is 2.25. The van der Waals surface area contributed by atoms with E-state index in [1.165, 1.54) is 0 Å². The normalized spacial score (nSPS) is 18.7. The summed E-state index contributed by atoms with van der Waals surface area (Å²) < 4.78 is 5.74. The molecule has 0 bridgehead atoms. The molecule has 1 aromatic carbocycles. The second-order valence-corrected chi connectivity index (χ2v) is 5.83. The molecule has 116 valence electrons. The Morgan fingerprint density at radius 3 is 2.86 bits per heavy atom. The smallest absolute Gasteiger partial charge is 0.224 e. The monoisotopic (exact) mass is 291 g/mol. The van der Waals surface area contributed by atoms with Crippen LogP contribution in [0.5, 0.6) is 5.75 Å². The van der Waals surface area contributed by atoms with Gasteiger partial charge in [0.05, 0.1) is 12.0 Å². The van der Waals surface area contributed by atoms with Crippen molar-refractivity contribution < 1.29 is 9.53 Å². The maximum absolute atomic E-state index is 11.8. The minimum Gasteiger partial charge on any atom is -0.491 e. The van der Waals surface area contributed by atoms with Crippen molar-refractivity contribution in [3.05, 3.63) is 18.2 Å². The van der Waals surface area contributed by atoms with Crippen LogP contribution in [-0.2, 0) is 4.79 Å². The molecule has 1 fully saturated rings. The number of amides is 1. The van der Waals surface area contributed by atoms with Gasteiger partial charge in [0, 0.05) is 43.6 Å². The quantitative estimate of drug-likeness (QED) is 0.833. The average molecular weight is 291 g/mol. The molecule has 21 heavy (non-hydrogen) atoms. The number of hydrogen-bond acceptors (Lipinski definition) is 4. The first-order valence-corrected chi connectivity index (χ1v) is 7.53. The van der Waals surface area contributed by atoms with Gasteiger partial charge in [-0.05, 0) is 32.8 Å². The number of piperidine rings is 1. The van der Waals surface area contributed by atoms with E-state index in [1.807, 2.05) is 32.0 Å². The Labute approximate surface area is 126 Å². The molecule has 0 aromatic heterocycles. The third-order valence-corrected chi connectivity index (χ3v) is 3.69. The number of benzene rings is 1. The third-order valence-electron chi connectivity index (χ3n) is 3.69. The van der Waals surface area contributed by atoms with Crippen LogP contribution in [0.2, 0.25) is 0 Å². The van der Waals surface area contributed by atoms with Crippen molar-refractivity contribution in [2.45, 2.75) is 32.8 Å². The van der Waals surface area contributed by atoms with Gasteiger partial charge in [-0.2, -0.15) is 0 Å². The van der Waals surface area contributed by atoms with Crippen molar-refractivity contribution in [2.75, 3.05) is 30.8 Å². The van der Waals surface area contributed by atoms with Crippen LogP contribution in [0.3, 0.4) is 0 Å². The Morgan fingerprint density at radius 1 is 1.43 bits per heavy atom. The van der Waals surface area contributed by atoms with Crippen molar-refractivity contribution in [1.82, 2.24) is 5.32 Å². The number of hydrogen-bond donors (Lipinski definition) is 2. The number of nitrogens with one attached hydrogen (secondary N) is 1. The fourth-order valence-electron chi connectivity index (χ4n) is 2.76. The predicted molar refractivity (Wildman–Crippen MR) is 85.6 cm³/mol. The SMILES string of the molecule is CNC(=O)C1CCCN(c2cc(N)cc(OC(C)C)c2)C1. The number of anilines is 2. The highest BCUT2D eigenvalue weighted by Crippen LogP contribution is 2.29. The zero-order valence-corrected chi connectivity index (χ0v) is 13.1. The van der Waals surface area contributed by atoms with Gasteiger partial charge >= 0.3 is 0 Å². The molecule has 5 nitrogen and oxygen atoms in total. The molecule has 3 N–H and O–H groups in total. The largest absolute Gasteiger partial charge is 0.491 e. The molecule has 0 saturated carbocycles. The summed E-state index contributed by atoms with van der Waals surface area (Å²) in [5.74, 6) is 0.934. The first-order valence-electron chi connectivity index (χ1n) is 7.53. The zero-order valence-electron chi connectivity index (χ0n) is 13.1. The molecule has 1 atom stereocenters. The van der Waals surface area contributed by atoms with E-state index in [4.69, 9.17) is 10.5 Å². The van der Waals surface area contributed by atoms with E-state index in [2.05, 4.69) is 10.2 Å². The first kappa shape index (κ1) is 15.5. The van der Waals surface area contributed by atoms with E-state index >= 15 is 0 Å². The lowest BCUT2D eigenvalue weighted by molar-refractivity contribution is -0.124. The van der Waals surface area contributed by atoms with E-state index in [0.717, 1.165) is 37.4 Å². The fraction of sp³-hybridized carbons (Fsp3) is 0.562. The van der Waals surface area contributed by atoms with Gasteiger partial charge in [-0.3, -0.25) is 4.79 Å². The minimum atomic E-state index is 0.0413. The molecule has 1 aliphatic rings. The lowest BCUT2D eigenvalue weighted by atomic mass is 9.96. The third kappa shape index (κ3) is 4.03. The van der Waals surface area contributed by atoms with Crippen LogP contribution in [0.1, 0.15) is 26.7 Å². The van der Waals surface area contributed by atoms with Gasteiger partial charge in [-0.15, -0.1) is 0 Å². The van der Waals surface area contributed by atoms with Gasteiger partial charge in [-0.1, -0.05) is 0 Å². The molecule has 1 aliphatic heterocycles. The lowest BCUT2D eigenvalue weighted by Gasteiger charge is -2.34. The number of carbonyl (C=O) groups excluding carboxylic acids is 1. The summed E-state index contributed by atoms with van der Waals surface area (Å²) in [6, 6.07) is 5.78. The summed E-state index contributed by atoms with van der Waals surface area (Å²) in [5.41, 5.74) is 7.69. The molecule has 1 aromatic rings. The van der Waals surface area contributed by atoms with Crippen LogP contribution in [0.4, 0.5) is 11.4 Å². The summed E-state index contributed by atoms with van der Waals surface area (Å²) in [5, 5.41) is 2.74. The first-order chi connectivity index (χ1) is 9.99. The van der Waals surface area contributed by atoms with Crippen molar-refractivity contribution in [3.8, 4) is 5.75 Å². The van der Waals surface area contributed by atoms with Crippen molar-refractivity contribution >= 4 is 17.3 Å². The van der Waals surface area contributed by atoms with E-state index in [1.54, 1.807) is 7.05 Å². The molecule has 1 amide bonds. The molecule has 1 heterocycles. The van der Waals surface area contributed by atoms with Gasteiger partial charge in [-0.25, -0.2) is 0 Å². The second kappa shape index (κ2) is 6.70. The molecule has 5 heteroatoms. The van der Waals surface area contributed by atoms with Crippen LogP contribution in [0.25, 0.3) is 0 Å². The number of ether oxygens (including phenoxy) is 1. The summed E-state index contributed by atoms with van der Waals surface area (Å²) in [6.07, 6.45) is 2.06. The Morgan fingerprint density at radius 2 is 2.19 bits per heavy atom. The number of nitrogens with zero attached hydrogens (tertiary/aromatic N) is 1. The Bertz CT molecular complexity index is 502. The highest BCUT2D eigenvalue weighted by molar-refractivity contribution is 5.79. The summed E-state index contributed by atoms with van der Waals surface area (Å²) >= 11 is 0. The molecule has 2 rings (SSSR count). The lowest BCUT2D eigenvalue weighted by Crippen LogP contribution is -2.42. The molecule has 0 aliphatic carbocycles. The van der Waals surface area contributed by atoms with Crippen molar-refractivity contribution in [2.24, 2.45) is 5.92 Å². The minimum absolute atomic E-state index is 0.0413. The average Bonchev–Trinajstić information content (AvgIpc) is 2.45. The van der Waals surface area contributed by atoms with E-state index in [-0.39, 0.29) is 17.9 Å². The van der Waals surface area contributed by atoms with Gasteiger partial charge in [0.1, 0.15) is 5.75 Å². The number of nitrogen functional groups attached to an aromatic ring is 1. The van der Waals surface area contributed by atoms with Gasteiger partial charge < -0.3 is 20.7 Å². The van der Waals surface area contributed by atoms with Gasteiger partial charge in [0.15, 0.2) is 0 Å². The number of nitrogens with two attached hydrogens (primary N) is 1. The maximum atomic E-state index is 11.8. The van der Waals surface area contributed by atoms with Crippen LogP contribution >= 0.6 is 0 Å². The Balaban J connectivity index is 2.16. The molecular formula is C16H25N3O2. The van der Waals surface area contributed by atoms with Crippen LogP contribution in [-0.4, -0.2) is 32.1 Å². The van der Waals surface area contributed by atoms with Gasteiger partial charge in [0.25, 0.3) is 0 Å². The van der Waals surface area contributed by atoms with Crippen molar-refractivity contribution in [3.63, 3.8) is 0 Å². The van der Waals surface area contributed by atoms with E-state index in [0.29, 0.717) is 5.69 Å². The number of carbonyl (C=O) groups is 1. The fourth-order valence-corrected chi connectivity index (χ4v) is 2.76. The number of rotatable bonds is 4. The predicted octanol–water partition coefficient (Wildman–Crippen LogP) is 2.02. The second-order valence-electron chi connectivity index (χ2n) is 5.83. The molecule has 0 spiro atoms. The summed E-state index contributed by atoms with van der Waals surface area (Å²) in [7, 11) is 1.69. The van der Waals surface area contributed by atoms with E-state index < -0.39 is 0 Å². The summed E-state index contributed by atoms with van der Waals surface area (Å²) in [4.78, 5) is 14.1. The van der Waals surface area contributed by atoms with Gasteiger partial charge in [0.2, 0.25) is 5.91 Å². The Hall–Kier alpha value is -1.91. The molecule has 0 radical (unpaired) electrons. The van der Waals surface area contributed by atoms with Crippen LogP contribution in [0, 0.1) is 5.92 Å². The van der Waals surface area contributed by atoms with Crippen molar-refractivity contribution in [1.29, 1.82) is 0 Å². The summed E-state index contributed by atoms with van der Waals surface area (Å²) in [6.45, 7) is 5.65. The topological polar surface area (TPSA) is 67.6 Å². The Kier molecular flexibility index (Phi) is 4.94. The highest BCUT2D eigenvalue weighted by atomic mass is 16.5. The molecule has 1 unspecified atom stereocenters. The standard InChI is InChI=1S/C16H25N3O2/c1-11(2)21-15-8-13(17)7-14(9-15)19-6-4-5-12(10-19)16(20)18-3/h7-9,11-12H,4-6,10,17H2,1-3H3,(H,18,20). The van der Waals surface area contributed by atoms with Crippen LogP contribution in [0.15, 0.2) is 18.2 Å².